The second kappa shape index (κ2) is 12.0. The van der Waals surface area contributed by atoms with E-state index in [0.29, 0.717) is 0 Å². The lowest BCUT2D eigenvalue weighted by Gasteiger charge is -2.26. The van der Waals surface area contributed by atoms with Gasteiger partial charge in [-0.2, -0.15) is 0 Å². The van der Waals surface area contributed by atoms with Gasteiger partial charge >= 0.3 is 0 Å². The first-order valence-electron chi connectivity index (χ1n) is 15.5. The molecule has 8 aromatic rings. The van der Waals surface area contributed by atoms with Crippen LogP contribution in [-0.4, -0.2) is 4.98 Å². The fourth-order valence-electron chi connectivity index (χ4n) is 6.53. The SMILES string of the molecule is P=P(c1ccccc1)(c1ccccc1)c1ccc(-c2ccc(-c3nc4ccccc4c4c(-c5ccccc5)cccc34)cc2)cc1. The zero-order chi connectivity index (χ0) is 30.9. The average Bonchev–Trinajstić information content (AvgIpc) is 3.15. The van der Waals surface area contributed by atoms with E-state index in [-0.39, 0.29) is 0 Å². The van der Waals surface area contributed by atoms with Crippen LogP contribution in [0, 0.1) is 0 Å². The van der Waals surface area contributed by atoms with Crippen LogP contribution >= 0.6 is 15.1 Å². The molecule has 1 aromatic heterocycles. The zero-order valence-corrected chi connectivity index (χ0v) is 27.1. The molecule has 0 amide bonds. The molecule has 3 heteroatoms. The largest absolute Gasteiger partial charge is 0.247 e. The Kier molecular flexibility index (Phi) is 7.43. The predicted octanol–water partition coefficient (Wildman–Crippen LogP) is 10.7. The van der Waals surface area contributed by atoms with Crippen molar-refractivity contribution in [3.63, 3.8) is 0 Å². The van der Waals surface area contributed by atoms with E-state index >= 15 is 0 Å². The highest BCUT2D eigenvalue weighted by Gasteiger charge is 2.23. The van der Waals surface area contributed by atoms with Gasteiger partial charge < -0.3 is 0 Å². The van der Waals surface area contributed by atoms with Crippen molar-refractivity contribution in [3.05, 3.63) is 182 Å². The van der Waals surface area contributed by atoms with Gasteiger partial charge in [0.25, 0.3) is 0 Å². The van der Waals surface area contributed by atoms with E-state index in [4.69, 9.17) is 4.98 Å². The molecule has 0 fully saturated rings. The third-order valence-electron chi connectivity index (χ3n) is 8.84. The van der Waals surface area contributed by atoms with Crippen LogP contribution in [-0.2, 0) is 0 Å². The Morgan fingerprint density at radius 3 is 1.48 bits per heavy atom. The third-order valence-corrected chi connectivity index (χ3v) is 14.4. The average molecular weight is 624 g/mol. The lowest BCUT2D eigenvalue weighted by molar-refractivity contribution is 1.43. The summed E-state index contributed by atoms with van der Waals surface area (Å²) < 4.78 is 0. The summed E-state index contributed by atoms with van der Waals surface area (Å²) in [6, 6.07) is 65.2. The summed E-state index contributed by atoms with van der Waals surface area (Å²) in [5.41, 5.74) is 7.94. The first kappa shape index (κ1) is 28.4. The molecule has 0 bridgehead atoms. The van der Waals surface area contributed by atoms with Gasteiger partial charge in [0.15, 0.2) is 0 Å². The first-order valence-corrected chi connectivity index (χ1v) is 18.7. The van der Waals surface area contributed by atoms with Gasteiger partial charge in [-0.25, -0.2) is 4.98 Å². The van der Waals surface area contributed by atoms with Gasteiger partial charge in [0, 0.05) is 21.7 Å². The van der Waals surface area contributed by atoms with Crippen molar-refractivity contribution in [2.75, 3.05) is 0 Å². The Bertz CT molecular complexity index is 2310. The van der Waals surface area contributed by atoms with Gasteiger partial charge in [0.05, 0.1) is 11.2 Å². The van der Waals surface area contributed by atoms with Gasteiger partial charge in [-0.05, 0) is 50.8 Å². The fourth-order valence-corrected chi connectivity index (χ4v) is 10.6. The molecule has 0 saturated heterocycles. The summed E-state index contributed by atoms with van der Waals surface area (Å²) in [4.78, 5) is 5.21. The molecule has 1 nitrogen and oxygen atoms in total. The number of pyridine rings is 1. The molecule has 0 saturated carbocycles. The van der Waals surface area contributed by atoms with E-state index < -0.39 is 6.55 Å². The number of para-hydroxylation sites is 1. The number of hydrogen-bond donors (Lipinski definition) is 0. The maximum absolute atomic E-state index is 5.21. The van der Waals surface area contributed by atoms with E-state index in [2.05, 4.69) is 191 Å². The minimum atomic E-state index is -1.96. The number of nitrogens with zero attached hydrogens (tertiary/aromatic N) is 1. The maximum Gasteiger partial charge on any atom is 0.0788 e. The van der Waals surface area contributed by atoms with Crippen molar-refractivity contribution in [1.29, 1.82) is 0 Å². The molecule has 0 atom stereocenters. The van der Waals surface area contributed by atoms with Crippen LogP contribution < -0.4 is 15.9 Å². The van der Waals surface area contributed by atoms with Gasteiger partial charge in [-0.15, -0.1) is 8.53 Å². The minimum absolute atomic E-state index is 1.01. The summed E-state index contributed by atoms with van der Waals surface area (Å²) in [5, 5.41) is 7.49. The summed E-state index contributed by atoms with van der Waals surface area (Å²) in [7, 11) is 4.36. The molecule has 0 aliphatic heterocycles. The molecule has 0 aliphatic carbocycles. The Balaban J connectivity index is 1.19. The van der Waals surface area contributed by atoms with Crippen molar-refractivity contribution in [3.8, 4) is 33.5 Å². The van der Waals surface area contributed by atoms with E-state index in [0.717, 1.165) is 22.2 Å². The predicted molar refractivity (Wildman–Crippen MR) is 203 cm³/mol. The topological polar surface area (TPSA) is 12.9 Å². The molecule has 218 valence electrons. The van der Waals surface area contributed by atoms with Crippen molar-refractivity contribution >= 4 is 52.7 Å². The highest BCUT2D eigenvalue weighted by molar-refractivity contribution is 8.13. The molecule has 46 heavy (non-hydrogen) atoms. The number of aromatic nitrogens is 1. The molecule has 8 rings (SSSR count). The van der Waals surface area contributed by atoms with Crippen LogP contribution in [0.15, 0.2) is 182 Å². The van der Waals surface area contributed by atoms with Crippen molar-refractivity contribution in [2.45, 2.75) is 0 Å². The molecular formula is C43H31NP2. The van der Waals surface area contributed by atoms with Crippen LogP contribution in [0.5, 0.6) is 0 Å². The second-order valence-corrected chi connectivity index (χ2v) is 16.4. The Hall–Kier alpha value is -5.06. The summed E-state index contributed by atoms with van der Waals surface area (Å²) in [6.07, 6.45) is 0. The van der Waals surface area contributed by atoms with Gasteiger partial charge in [0.2, 0.25) is 0 Å². The maximum atomic E-state index is 5.21. The van der Waals surface area contributed by atoms with Crippen LogP contribution in [0.2, 0.25) is 0 Å². The van der Waals surface area contributed by atoms with Crippen molar-refractivity contribution in [2.24, 2.45) is 0 Å². The number of rotatable bonds is 6. The molecule has 0 radical (unpaired) electrons. The summed E-state index contributed by atoms with van der Waals surface area (Å²) in [5.74, 6) is 0. The van der Waals surface area contributed by atoms with E-state index in [1.165, 1.54) is 48.9 Å². The quantitative estimate of drug-likeness (QED) is 0.133. The molecule has 0 spiro atoms. The smallest absolute Gasteiger partial charge is 0.0788 e. The monoisotopic (exact) mass is 623 g/mol. The molecule has 1 heterocycles. The fraction of sp³-hybridized carbons (Fsp3) is 0. The molecule has 0 aliphatic rings. The Morgan fingerprint density at radius 2 is 0.848 bits per heavy atom. The standard InChI is InChI=1S/C43H31NP2/c45-46(35-15-6-2-7-16-35,36-17-8-3-9-18-36)37-29-27-32(28-30-37)31-23-25-34(26-24-31)43-40-21-12-20-38(33-13-4-1-5-14-33)42(40)39-19-10-11-22-41(39)44-43/h1-30,45H. The number of fused-ring (bicyclic) bond motifs is 3. The van der Waals surface area contributed by atoms with Crippen LogP contribution in [0.25, 0.3) is 55.2 Å². The van der Waals surface area contributed by atoms with Gasteiger partial charge in [-0.1, -0.05) is 176 Å². The van der Waals surface area contributed by atoms with Crippen LogP contribution in [0.4, 0.5) is 0 Å². The third kappa shape index (κ3) is 4.99. The lowest BCUT2D eigenvalue weighted by atomic mass is 9.92. The summed E-state index contributed by atoms with van der Waals surface area (Å²) in [6.45, 7) is -1.96. The highest BCUT2D eigenvalue weighted by Crippen LogP contribution is 2.48. The van der Waals surface area contributed by atoms with Gasteiger partial charge in [0.1, 0.15) is 0 Å². The Labute approximate surface area is 272 Å². The summed E-state index contributed by atoms with van der Waals surface area (Å²) >= 11 is 0. The number of hydrogen-bond acceptors (Lipinski definition) is 1. The van der Waals surface area contributed by atoms with E-state index in [1.807, 2.05) is 0 Å². The molecule has 7 aromatic carbocycles. The second-order valence-electron chi connectivity index (χ2n) is 11.5. The Morgan fingerprint density at radius 1 is 0.370 bits per heavy atom. The van der Waals surface area contributed by atoms with Crippen LogP contribution in [0.3, 0.4) is 0 Å². The normalized spacial score (nSPS) is 11.6. The lowest BCUT2D eigenvalue weighted by Crippen LogP contribution is -2.23. The van der Waals surface area contributed by atoms with Gasteiger partial charge in [-0.3, -0.25) is 0 Å². The molecular weight excluding hydrogens is 592 g/mol. The van der Waals surface area contributed by atoms with E-state index in [9.17, 15) is 0 Å². The minimum Gasteiger partial charge on any atom is -0.247 e. The zero-order valence-electron chi connectivity index (χ0n) is 25.2. The van der Waals surface area contributed by atoms with Crippen LogP contribution in [0.1, 0.15) is 0 Å². The number of benzene rings is 7. The van der Waals surface area contributed by atoms with E-state index in [1.54, 1.807) is 0 Å². The van der Waals surface area contributed by atoms with Crippen molar-refractivity contribution in [1.82, 2.24) is 4.98 Å². The highest BCUT2D eigenvalue weighted by atomic mass is 31.8. The molecule has 0 N–H and O–H groups in total. The first-order chi connectivity index (χ1) is 22.7. The molecule has 0 unspecified atom stereocenters. The van der Waals surface area contributed by atoms with Crippen molar-refractivity contribution < 1.29 is 0 Å².